The number of hydrogen-bond acceptors (Lipinski definition) is 5. The Morgan fingerprint density at radius 3 is 2.56 bits per heavy atom. The van der Waals surface area contributed by atoms with Crippen LogP contribution in [0.4, 0.5) is 5.13 Å². The van der Waals surface area contributed by atoms with Gasteiger partial charge >= 0.3 is 0 Å². The fourth-order valence-corrected chi connectivity index (χ4v) is 3.09. The molecule has 0 spiro atoms. The maximum absolute atomic E-state index is 5.93. The molecule has 0 amide bonds. The van der Waals surface area contributed by atoms with Gasteiger partial charge in [-0.2, -0.15) is 0 Å². The van der Waals surface area contributed by atoms with Crippen LogP contribution in [0.2, 0.25) is 0 Å². The van der Waals surface area contributed by atoms with Crippen molar-refractivity contribution in [1.29, 1.82) is 0 Å². The number of halogens is 1. The molecule has 1 aromatic carbocycles. The summed E-state index contributed by atoms with van der Waals surface area (Å²) < 4.78 is 5.93. The molecular weight excluding hydrogens is 473 g/mol. The fraction of sp³-hybridized carbons (Fsp3) is 0.474. The zero-order valence-electron chi connectivity index (χ0n) is 16.9. The Labute approximate surface area is 183 Å². The Hall–Kier alpha value is -1.55. The van der Waals surface area contributed by atoms with E-state index in [2.05, 4.69) is 51.1 Å². The summed E-state index contributed by atoms with van der Waals surface area (Å²) in [5.74, 6) is 1.65. The number of rotatable bonds is 7. The summed E-state index contributed by atoms with van der Waals surface area (Å²) in [4.78, 5) is 10.9. The highest BCUT2D eigenvalue weighted by Gasteiger charge is 2.08. The standard InChI is InChI=1S/C19H29N5OS.HI/c1-13(2)25-17-9-14(3)7-8-15(17)10-21-18(20-4)22-11-16-12-26-19(23-16)24(5)6;/h7-9,12-13H,10-11H2,1-6H3,(H2,20,21,22);1H. The lowest BCUT2D eigenvalue weighted by molar-refractivity contribution is 0.239. The number of hydrogen-bond donors (Lipinski definition) is 2. The average Bonchev–Trinajstić information content (AvgIpc) is 3.05. The molecule has 0 aliphatic heterocycles. The summed E-state index contributed by atoms with van der Waals surface area (Å²) in [5.41, 5.74) is 3.30. The van der Waals surface area contributed by atoms with E-state index in [1.807, 2.05) is 32.8 Å². The van der Waals surface area contributed by atoms with Gasteiger partial charge < -0.3 is 20.3 Å². The lowest BCUT2D eigenvalue weighted by atomic mass is 10.1. The van der Waals surface area contributed by atoms with Crippen LogP contribution in [0.5, 0.6) is 5.75 Å². The number of guanidine groups is 1. The molecule has 27 heavy (non-hydrogen) atoms. The van der Waals surface area contributed by atoms with E-state index < -0.39 is 0 Å². The van der Waals surface area contributed by atoms with Gasteiger partial charge in [0.2, 0.25) is 0 Å². The summed E-state index contributed by atoms with van der Waals surface area (Å²) in [6.45, 7) is 7.42. The van der Waals surface area contributed by atoms with Crippen molar-refractivity contribution in [3.05, 3.63) is 40.4 Å². The highest BCUT2D eigenvalue weighted by atomic mass is 127. The summed E-state index contributed by atoms with van der Waals surface area (Å²) in [7, 11) is 5.76. The third-order valence-corrected chi connectivity index (χ3v) is 4.67. The van der Waals surface area contributed by atoms with E-state index in [-0.39, 0.29) is 30.1 Å². The highest BCUT2D eigenvalue weighted by Crippen LogP contribution is 2.21. The van der Waals surface area contributed by atoms with Gasteiger partial charge in [-0.25, -0.2) is 4.98 Å². The summed E-state index contributed by atoms with van der Waals surface area (Å²) in [6, 6.07) is 6.26. The molecule has 0 aliphatic carbocycles. The van der Waals surface area contributed by atoms with Gasteiger partial charge in [0.15, 0.2) is 11.1 Å². The molecule has 0 unspecified atom stereocenters. The Morgan fingerprint density at radius 2 is 1.96 bits per heavy atom. The number of benzene rings is 1. The number of anilines is 1. The number of ether oxygens (including phenoxy) is 1. The topological polar surface area (TPSA) is 61.8 Å². The minimum Gasteiger partial charge on any atom is -0.491 e. The first-order valence-electron chi connectivity index (χ1n) is 8.71. The molecule has 2 aromatic rings. The molecule has 2 rings (SSSR count). The average molecular weight is 503 g/mol. The number of nitrogens with one attached hydrogen (secondary N) is 2. The molecule has 6 nitrogen and oxygen atoms in total. The van der Waals surface area contributed by atoms with Crippen molar-refractivity contribution in [3.8, 4) is 5.75 Å². The lowest BCUT2D eigenvalue weighted by Gasteiger charge is -2.17. The van der Waals surface area contributed by atoms with Crippen molar-refractivity contribution in [1.82, 2.24) is 15.6 Å². The van der Waals surface area contributed by atoms with Crippen molar-refractivity contribution >= 4 is 46.4 Å². The Bertz CT molecular complexity index is 745. The fourth-order valence-electron chi connectivity index (χ4n) is 2.33. The van der Waals surface area contributed by atoms with Crippen LogP contribution in [-0.2, 0) is 13.1 Å². The van der Waals surface area contributed by atoms with Gasteiger partial charge in [-0.1, -0.05) is 12.1 Å². The number of aliphatic imine (C=N–C) groups is 1. The van der Waals surface area contributed by atoms with Gasteiger partial charge in [0.25, 0.3) is 0 Å². The maximum atomic E-state index is 5.93. The zero-order valence-corrected chi connectivity index (χ0v) is 20.0. The maximum Gasteiger partial charge on any atom is 0.191 e. The van der Waals surface area contributed by atoms with Crippen LogP contribution in [0.3, 0.4) is 0 Å². The van der Waals surface area contributed by atoms with Crippen molar-refractivity contribution in [2.75, 3.05) is 26.0 Å². The SMILES string of the molecule is CN=C(NCc1csc(N(C)C)n1)NCc1ccc(C)cc1OC(C)C.I. The molecule has 0 radical (unpaired) electrons. The minimum absolute atomic E-state index is 0. The molecule has 0 atom stereocenters. The summed E-state index contributed by atoms with van der Waals surface area (Å²) in [6.07, 6.45) is 0.142. The highest BCUT2D eigenvalue weighted by molar-refractivity contribution is 14.0. The molecule has 8 heteroatoms. The number of thiazole rings is 1. The van der Waals surface area contributed by atoms with Crippen LogP contribution < -0.4 is 20.3 Å². The van der Waals surface area contributed by atoms with Gasteiger partial charge in [-0.05, 0) is 32.4 Å². The van der Waals surface area contributed by atoms with Crippen molar-refractivity contribution in [2.45, 2.75) is 40.0 Å². The van der Waals surface area contributed by atoms with Gasteiger partial charge in [0, 0.05) is 38.6 Å². The van der Waals surface area contributed by atoms with Crippen LogP contribution in [0, 0.1) is 6.92 Å². The van der Waals surface area contributed by atoms with E-state index in [9.17, 15) is 0 Å². The van der Waals surface area contributed by atoms with Gasteiger partial charge in [0.05, 0.1) is 18.3 Å². The van der Waals surface area contributed by atoms with Crippen LogP contribution >= 0.6 is 35.3 Å². The second-order valence-electron chi connectivity index (χ2n) is 6.57. The quantitative estimate of drug-likeness (QED) is 0.342. The van der Waals surface area contributed by atoms with Crippen LogP contribution in [0.15, 0.2) is 28.6 Å². The zero-order chi connectivity index (χ0) is 19.1. The minimum atomic E-state index is 0. The predicted molar refractivity (Wildman–Crippen MR) is 126 cm³/mol. The van der Waals surface area contributed by atoms with Crippen LogP contribution in [0.1, 0.15) is 30.7 Å². The molecule has 0 saturated heterocycles. The monoisotopic (exact) mass is 503 g/mol. The normalized spacial score (nSPS) is 11.1. The smallest absolute Gasteiger partial charge is 0.191 e. The van der Waals surface area contributed by atoms with Gasteiger partial charge in [-0.15, -0.1) is 35.3 Å². The largest absolute Gasteiger partial charge is 0.491 e. The Morgan fingerprint density at radius 1 is 1.26 bits per heavy atom. The molecule has 1 heterocycles. The van der Waals surface area contributed by atoms with Gasteiger partial charge in [0.1, 0.15) is 5.75 Å². The van der Waals surface area contributed by atoms with Crippen molar-refractivity contribution < 1.29 is 4.74 Å². The summed E-state index contributed by atoms with van der Waals surface area (Å²) in [5, 5.41) is 9.71. The van der Waals surface area contributed by atoms with E-state index in [4.69, 9.17) is 4.74 Å². The molecule has 0 aliphatic rings. The van der Waals surface area contributed by atoms with Crippen molar-refractivity contribution in [3.63, 3.8) is 0 Å². The Kier molecular flexibility index (Phi) is 9.86. The first-order chi connectivity index (χ1) is 12.4. The van der Waals surface area contributed by atoms with E-state index in [1.54, 1.807) is 18.4 Å². The first-order valence-corrected chi connectivity index (χ1v) is 9.59. The Balaban J connectivity index is 0.00000364. The lowest BCUT2D eigenvalue weighted by Crippen LogP contribution is -2.36. The molecule has 0 saturated carbocycles. The van der Waals surface area contributed by atoms with Crippen molar-refractivity contribution in [2.24, 2.45) is 4.99 Å². The summed E-state index contributed by atoms with van der Waals surface area (Å²) >= 11 is 1.63. The van der Waals surface area contributed by atoms with E-state index in [0.29, 0.717) is 13.1 Å². The second-order valence-corrected chi connectivity index (χ2v) is 7.41. The molecule has 2 N–H and O–H groups in total. The van der Waals surface area contributed by atoms with Gasteiger partial charge in [-0.3, -0.25) is 4.99 Å². The third kappa shape index (κ3) is 7.53. The number of aryl methyl sites for hydroxylation is 1. The van der Waals surface area contributed by atoms with E-state index >= 15 is 0 Å². The molecule has 0 bridgehead atoms. The van der Waals surface area contributed by atoms with Crippen LogP contribution in [-0.4, -0.2) is 38.2 Å². The molecule has 0 fully saturated rings. The van der Waals surface area contributed by atoms with E-state index in [1.165, 1.54) is 5.56 Å². The first kappa shape index (κ1) is 23.5. The molecular formula is C19H30IN5OS. The number of aromatic nitrogens is 1. The predicted octanol–water partition coefficient (Wildman–Crippen LogP) is 3.79. The molecule has 150 valence electrons. The third-order valence-electron chi connectivity index (χ3n) is 3.61. The second kappa shape index (κ2) is 11.3. The number of nitrogens with zero attached hydrogens (tertiary/aromatic N) is 3. The van der Waals surface area contributed by atoms with Crippen LogP contribution in [0.25, 0.3) is 0 Å². The van der Waals surface area contributed by atoms with E-state index in [0.717, 1.165) is 28.1 Å². The molecule has 1 aromatic heterocycles.